The summed E-state index contributed by atoms with van der Waals surface area (Å²) < 4.78 is 15.2. The van der Waals surface area contributed by atoms with E-state index in [1.54, 1.807) is 0 Å². The topological polar surface area (TPSA) is 44.8 Å². The molecule has 1 fully saturated rings. The molecule has 1 rings (SSSR count). The molecule has 0 amide bonds. The average Bonchev–Trinajstić information content (AvgIpc) is 2.64. The van der Waals surface area contributed by atoms with Gasteiger partial charge in [0.05, 0.1) is 19.8 Å². The predicted molar refractivity (Wildman–Crippen MR) is 46.1 cm³/mol. The quantitative estimate of drug-likeness (QED) is 0.363. The Labute approximate surface area is 77.5 Å². The monoisotopic (exact) mass is 186 g/mol. The Morgan fingerprint density at radius 2 is 2.23 bits per heavy atom. The number of carbonyl (C=O) groups excluding carboxylic acids is 1. The van der Waals surface area contributed by atoms with Gasteiger partial charge < -0.3 is 14.2 Å². The van der Waals surface area contributed by atoms with Crippen molar-refractivity contribution < 1.29 is 19.0 Å². The first-order valence-electron chi connectivity index (χ1n) is 4.35. The second kappa shape index (κ2) is 5.72. The maximum atomic E-state index is 10.6. The lowest BCUT2D eigenvalue weighted by Gasteiger charge is -2.07. The third-order valence-corrected chi connectivity index (χ3v) is 1.69. The molecule has 0 aliphatic carbocycles. The molecule has 1 aliphatic heterocycles. The minimum Gasteiger partial charge on any atom is -0.463 e. The molecule has 4 heteroatoms. The van der Waals surface area contributed by atoms with Crippen molar-refractivity contribution in [2.45, 2.75) is 19.1 Å². The zero-order chi connectivity index (χ0) is 9.52. The zero-order valence-electron chi connectivity index (χ0n) is 7.53. The first-order chi connectivity index (χ1) is 6.33. The van der Waals surface area contributed by atoms with E-state index in [2.05, 4.69) is 6.58 Å². The smallest absolute Gasteiger partial charge is 0.330 e. The van der Waals surface area contributed by atoms with E-state index in [0.717, 1.165) is 18.9 Å². The largest absolute Gasteiger partial charge is 0.463 e. The van der Waals surface area contributed by atoms with Gasteiger partial charge in [0.2, 0.25) is 0 Å². The van der Waals surface area contributed by atoms with Crippen LogP contribution in [0.25, 0.3) is 0 Å². The molecule has 13 heavy (non-hydrogen) atoms. The van der Waals surface area contributed by atoms with E-state index in [9.17, 15) is 4.79 Å². The third kappa shape index (κ3) is 4.05. The third-order valence-electron chi connectivity index (χ3n) is 1.69. The molecule has 0 aromatic carbocycles. The highest BCUT2D eigenvalue weighted by molar-refractivity contribution is 5.81. The SMILES string of the molecule is C=CC(=O)OCCCC1OCCO1. The fourth-order valence-corrected chi connectivity index (χ4v) is 1.06. The van der Waals surface area contributed by atoms with Crippen molar-refractivity contribution in [1.29, 1.82) is 0 Å². The van der Waals surface area contributed by atoms with Crippen molar-refractivity contribution in [2.24, 2.45) is 0 Å². The minimum atomic E-state index is -0.381. The van der Waals surface area contributed by atoms with E-state index in [4.69, 9.17) is 14.2 Å². The van der Waals surface area contributed by atoms with Crippen LogP contribution in [-0.2, 0) is 19.0 Å². The van der Waals surface area contributed by atoms with Crippen molar-refractivity contribution in [1.82, 2.24) is 0 Å². The lowest BCUT2D eigenvalue weighted by molar-refractivity contribution is -0.138. The molecule has 0 aromatic rings. The molecule has 0 aromatic heterocycles. The summed E-state index contributed by atoms with van der Waals surface area (Å²) in [5, 5.41) is 0. The van der Waals surface area contributed by atoms with Crippen LogP contribution >= 0.6 is 0 Å². The fraction of sp³-hybridized carbons (Fsp3) is 0.667. The predicted octanol–water partition coefficient (Wildman–Crippen LogP) is 0.869. The van der Waals surface area contributed by atoms with Crippen LogP contribution in [0.1, 0.15) is 12.8 Å². The van der Waals surface area contributed by atoms with Crippen LogP contribution in [0, 0.1) is 0 Å². The second-order valence-corrected chi connectivity index (χ2v) is 2.68. The summed E-state index contributed by atoms with van der Waals surface area (Å²) in [5.74, 6) is -0.381. The van der Waals surface area contributed by atoms with E-state index < -0.39 is 0 Å². The van der Waals surface area contributed by atoms with E-state index >= 15 is 0 Å². The highest BCUT2D eigenvalue weighted by Crippen LogP contribution is 2.09. The van der Waals surface area contributed by atoms with Crippen LogP contribution in [0.3, 0.4) is 0 Å². The number of ether oxygens (including phenoxy) is 3. The molecule has 0 saturated carbocycles. The summed E-state index contributed by atoms with van der Waals surface area (Å²) in [6, 6.07) is 0. The lowest BCUT2D eigenvalue weighted by Crippen LogP contribution is -2.10. The summed E-state index contributed by atoms with van der Waals surface area (Å²) in [6.45, 7) is 5.02. The molecular formula is C9H14O4. The van der Waals surface area contributed by atoms with Gasteiger partial charge in [-0.3, -0.25) is 0 Å². The highest BCUT2D eigenvalue weighted by Gasteiger charge is 2.14. The molecule has 0 atom stereocenters. The Morgan fingerprint density at radius 1 is 1.54 bits per heavy atom. The van der Waals surface area contributed by atoms with Crippen LogP contribution in [-0.4, -0.2) is 32.1 Å². The Morgan fingerprint density at radius 3 is 2.85 bits per heavy atom. The average molecular weight is 186 g/mol. The fourth-order valence-electron chi connectivity index (χ4n) is 1.06. The van der Waals surface area contributed by atoms with Crippen LogP contribution in [0.15, 0.2) is 12.7 Å². The molecule has 1 heterocycles. The Bertz CT molecular complexity index is 172. The Hall–Kier alpha value is -0.870. The van der Waals surface area contributed by atoms with Crippen molar-refractivity contribution in [2.75, 3.05) is 19.8 Å². The molecule has 0 unspecified atom stereocenters. The van der Waals surface area contributed by atoms with Gasteiger partial charge in [-0.1, -0.05) is 6.58 Å². The standard InChI is InChI=1S/C9H14O4/c1-2-8(10)11-5-3-4-9-12-6-7-13-9/h2,9H,1,3-7H2. The first-order valence-corrected chi connectivity index (χ1v) is 4.35. The van der Waals surface area contributed by atoms with E-state index in [1.165, 1.54) is 0 Å². The van der Waals surface area contributed by atoms with Crippen molar-refractivity contribution in [3.8, 4) is 0 Å². The van der Waals surface area contributed by atoms with Gasteiger partial charge in [0.1, 0.15) is 0 Å². The highest BCUT2D eigenvalue weighted by atomic mass is 16.7. The number of hydrogen-bond acceptors (Lipinski definition) is 4. The number of rotatable bonds is 5. The van der Waals surface area contributed by atoms with Gasteiger partial charge >= 0.3 is 5.97 Å². The Kier molecular flexibility index (Phi) is 4.49. The molecule has 0 bridgehead atoms. The minimum absolute atomic E-state index is 0.109. The molecule has 0 N–H and O–H groups in total. The van der Waals surface area contributed by atoms with Crippen LogP contribution in [0.2, 0.25) is 0 Å². The van der Waals surface area contributed by atoms with Crippen LogP contribution in [0.4, 0.5) is 0 Å². The number of esters is 1. The van der Waals surface area contributed by atoms with Gasteiger partial charge in [-0.15, -0.1) is 0 Å². The normalized spacial score (nSPS) is 17.2. The second-order valence-electron chi connectivity index (χ2n) is 2.68. The van der Waals surface area contributed by atoms with Crippen molar-refractivity contribution >= 4 is 5.97 Å². The summed E-state index contributed by atoms with van der Waals surface area (Å²) in [7, 11) is 0. The van der Waals surface area contributed by atoms with E-state index in [-0.39, 0.29) is 12.3 Å². The van der Waals surface area contributed by atoms with Crippen LogP contribution < -0.4 is 0 Å². The van der Waals surface area contributed by atoms with E-state index in [1.807, 2.05) is 0 Å². The molecule has 4 nitrogen and oxygen atoms in total. The summed E-state index contributed by atoms with van der Waals surface area (Å²) in [4.78, 5) is 10.6. The number of carbonyl (C=O) groups is 1. The maximum absolute atomic E-state index is 10.6. The molecule has 1 aliphatic rings. The number of hydrogen-bond donors (Lipinski definition) is 0. The lowest BCUT2D eigenvalue weighted by atomic mass is 10.3. The molecule has 74 valence electrons. The summed E-state index contributed by atoms with van der Waals surface area (Å²) in [6.07, 6.45) is 2.57. The van der Waals surface area contributed by atoms with E-state index in [0.29, 0.717) is 19.8 Å². The van der Waals surface area contributed by atoms with Crippen LogP contribution in [0.5, 0.6) is 0 Å². The summed E-state index contributed by atoms with van der Waals surface area (Å²) in [5.41, 5.74) is 0. The molecular weight excluding hydrogens is 172 g/mol. The van der Waals surface area contributed by atoms with Gasteiger partial charge in [-0.25, -0.2) is 4.79 Å². The summed E-state index contributed by atoms with van der Waals surface area (Å²) >= 11 is 0. The van der Waals surface area contributed by atoms with Gasteiger partial charge in [0.25, 0.3) is 0 Å². The van der Waals surface area contributed by atoms with Crippen molar-refractivity contribution in [3.63, 3.8) is 0 Å². The molecule has 0 radical (unpaired) electrons. The molecule has 0 spiro atoms. The first kappa shape index (κ1) is 10.2. The van der Waals surface area contributed by atoms with Gasteiger partial charge in [-0.05, 0) is 6.42 Å². The molecule has 1 saturated heterocycles. The maximum Gasteiger partial charge on any atom is 0.330 e. The zero-order valence-corrected chi connectivity index (χ0v) is 7.53. The van der Waals surface area contributed by atoms with Crippen molar-refractivity contribution in [3.05, 3.63) is 12.7 Å². The van der Waals surface area contributed by atoms with Gasteiger partial charge in [0, 0.05) is 12.5 Å². The van der Waals surface area contributed by atoms with Gasteiger partial charge in [-0.2, -0.15) is 0 Å². The van der Waals surface area contributed by atoms with Gasteiger partial charge in [0.15, 0.2) is 6.29 Å². The Balaban J connectivity index is 1.94.